The first kappa shape index (κ1) is 12.2. The van der Waals surface area contributed by atoms with E-state index in [4.69, 9.17) is 0 Å². The fourth-order valence-electron chi connectivity index (χ4n) is 1.40. The maximum absolute atomic E-state index is 10.8. The van der Waals surface area contributed by atoms with Crippen LogP contribution in [0.15, 0.2) is 30.4 Å². The largest absolute Gasteiger partial charge is 0.379 e. The normalized spacial score (nSPS) is 10.6. The molecule has 0 radical (unpaired) electrons. The zero-order valence-corrected chi connectivity index (χ0v) is 9.56. The lowest BCUT2D eigenvalue weighted by atomic mass is 10.2. The molecule has 0 aliphatic rings. The van der Waals surface area contributed by atoms with Crippen LogP contribution in [0.25, 0.3) is 0 Å². The van der Waals surface area contributed by atoms with E-state index in [1.165, 1.54) is 0 Å². The SMILES string of the molecule is C/C=C/CCNc1ccc(C)cc1[N+](=O)[O-]. The predicted octanol–water partition coefficient (Wildman–Crippen LogP) is 3.28. The molecule has 0 spiro atoms. The van der Waals surface area contributed by atoms with Gasteiger partial charge in [0.15, 0.2) is 0 Å². The fraction of sp³-hybridized carbons (Fsp3) is 0.333. The zero-order valence-electron chi connectivity index (χ0n) is 9.56. The van der Waals surface area contributed by atoms with E-state index < -0.39 is 0 Å². The minimum absolute atomic E-state index is 0.139. The summed E-state index contributed by atoms with van der Waals surface area (Å²) in [5.41, 5.74) is 1.62. The van der Waals surface area contributed by atoms with Crippen molar-refractivity contribution in [3.8, 4) is 0 Å². The first-order valence-corrected chi connectivity index (χ1v) is 5.25. The highest BCUT2D eigenvalue weighted by Gasteiger charge is 2.12. The van der Waals surface area contributed by atoms with Crippen LogP contribution >= 0.6 is 0 Å². The topological polar surface area (TPSA) is 55.2 Å². The molecular weight excluding hydrogens is 204 g/mol. The van der Waals surface area contributed by atoms with Crippen LogP contribution in [0.1, 0.15) is 18.9 Å². The second-order valence-electron chi connectivity index (χ2n) is 3.56. The van der Waals surface area contributed by atoms with Crippen molar-refractivity contribution in [1.29, 1.82) is 0 Å². The van der Waals surface area contributed by atoms with E-state index in [0.717, 1.165) is 12.0 Å². The van der Waals surface area contributed by atoms with Crippen LogP contribution in [0.5, 0.6) is 0 Å². The third-order valence-electron chi connectivity index (χ3n) is 2.21. The lowest BCUT2D eigenvalue weighted by Crippen LogP contribution is -2.03. The molecule has 4 heteroatoms. The quantitative estimate of drug-likeness (QED) is 0.358. The molecule has 1 N–H and O–H groups in total. The molecule has 0 unspecified atom stereocenters. The molecule has 0 aliphatic heterocycles. The van der Waals surface area contributed by atoms with Crippen molar-refractivity contribution in [2.45, 2.75) is 20.3 Å². The van der Waals surface area contributed by atoms with Gasteiger partial charge in [0, 0.05) is 12.6 Å². The first-order valence-electron chi connectivity index (χ1n) is 5.25. The zero-order chi connectivity index (χ0) is 12.0. The number of nitro groups is 1. The summed E-state index contributed by atoms with van der Waals surface area (Å²) in [5, 5.41) is 13.9. The molecule has 0 aromatic heterocycles. The van der Waals surface area contributed by atoms with Crippen LogP contribution in [0.2, 0.25) is 0 Å². The second-order valence-corrected chi connectivity index (χ2v) is 3.56. The average Bonchev–Trinajstić information content (AvgIpc) is 2.26. The molecule has 1 aromatic rings. The van der Waals surface area contributed by atoms with Gasteiger partial charge in [-0.05, 0) is 31.9 Å². The van der Waals surface area contributed by atoms with Gasteiger partial charge in [0.05, 0.1) is 4.92 Å². The number of nitrogens with one attached hydrogen (secondary N) is 1. The van der Waals surface area contributed by atoms with Crippen molar-refractivity contribution >= 4 is 11.4 Å². The Labute approximate surface area is 95.1 Å². The van der Waals surface area contributed by atoms with E-state index in [9.17, 15) is 10.1 Å². The van der Waals surface area contributed by atoms with Crippen molar-refractivity contribution in [3.05, 3.63) is 46.0 Å². The van der Waals surface area contributed by atoms with Crippen molar-refractivity contribution < 1.29 is 4.92 Å². The summed E-state index contributed by atoms with van der Waals surface area (Å²) < 4.78 is 0. The molecule has 0 heterocycles. The second kappa shape index (κ2) is 5.90. The number of rotatable bonds is 5. The predicted molar refractivity (Wildman–Crippen MR) is 65.8 cm³/mol. The number of allylic oxidation sites excluding steroid dienone is 1. The molecule has 0 saturated carbocycles. The van der Waals surface area contributed by atoms with Crippen LogP contribution in [-0.4, -0.2) is 11.5 Å². The van der Waals surface area contributed by atoms with Gasteiger partial charge in [0.25, 0.3) is 5.69 Å². The van der Waals surface area contributed by atoms with Gasteiger partial charge < -0.3 is 5.32 Å². The van der Waals surface area contributed by atoms with Crippen molar-refractivity contribution in [3.63, 3.8) is 0 Å². The van der Waals surface area contributed by atoms with Gasteiger partial charge in [-0.15, -0.1) is 0 Å². The van der Waals surface area contributed by atoms with Gasteiger partial charge >= 0.3 is 0 Å². The number of anilines is 1. The standard InChI is InChI=1S/C12H16N2O2/c1-3-4-5-8-13-11-7-6-10(2)9-12(11)14(15)16/h3-4,6-7,9,13H,5,8H2,1-2H3/b4-3+. The van der Waals surface area contributed by atoms with Gasteiger partial charge in [0.1, 0.15) is 5.69 Å². The number of hydrogen-bond acceptors (Lipinski definition) is 3. The Bertz CT molecular complexity index is 400. The summed E-state index contributed by atoms with van der Waals surface area (Å²) in [6.07, 6.45) is 4.85. The van der Waals surface area contributed by atoms with Crippen molar-refractivity contribution in [2.24, 2.45) is 0 Å². The molecule has 0 bridgehead atoms. The Hall–Kier alpha value is -1.84. The molecule has 0 atom stereocenters. The van der Waals surface area contributed by atoms with Crippen LogP contribution in [0, 0.1) is 17.0 Å². The third-order valence-corrected chi connectivity index (χ3v) is 2.21. The highest BCUT2D eigenvalue weighted by Crippen LogP contribution is 2.25. The summed E-state index contributed by atoms with van der Waals surface area (Å²) in [7, 11) is 0. The molecule has 1 rings (SSSR count). The van der Waals surface area contributed by atoms with Crippen LogP contribution in [0.4, 0.5) is 11.4 Å². The van der Waals surface area contributed by atoms with Crippen molar-refractivity contribution in [2.75, 3.05) is 11.9 Å². The van der Waals surface area contributed by atoms with Gasteiger partial charge in [-0.3, -0.25) is 10.1 Å². The maximum Gasteiger partial charge on any atom is 0.292 e. The van der Waals surface area contributed by atoms with Gasteiger partial charge in [-0.1, -0.05) is 18.2 Å². The lowest BCUT2D eigenvalue weighted by molar-refractivity contribution is -0.384. The Kier molecular flexibility index (Phi) is 4.51. The molecule has 86 valence electrons. The molecule has 1 aromatic carbocycles. The molecule has 0 fully saturated rings. The third kappa shape index (κ3) is 3.38. The summed E-state index contributed by atoms with van der Waals surface area (Å²) in [4.78, 5) is 10.5. The Morgan fingerprint density at radius 3 is 2.88 bits per heavy atom. The minimum Gasteiger partial charge on any atom is -0.379 e. The molecule has 16 heavy (non-hydrogen) atoms. The van der Waals surface area contributed by atoms with E-state index in [-0.39, 0.29) is 10.6 Å². The lowest BCUT2D eigenvalue weighted by Gasteiger charge is -2.06. The van der Waals surface area contributed by atoms with Gasteiger partial charge in [0.2, 0.25) is 0 Å². The van der Waals surface area contributed by atoms with Crippen molar-refractivity contribution in [1.82, 2.24) is 0 Å². The number of nitro benzene ring substituents is 1. The highest BCUT2D eigenvalue weighted by atomic mass is 16.6. The Morgan fingerprint density at radius 1 is 1.50 bits per heavy atom. The van der Waals surface area contributed by atoms with Crippen LogP contribution in [0.3, 0.4) is 0 Å². The summed E-state index contributed by atoms with van der Waals surface area (Å²) >= 11 is 0. The van der Waals surface area contributed by atoms with Gasteiger partial charge in [-0.25, -0.2) is 0 Å². The first-order chi connectivity index (χ1) is 7.65. The molecule has 0 saturated heterocycles. The number of aryl methyl sites for hydroxylation is 1. The molecule has 0 aliphatic carbocycles. The van der Waals surface area contributed by atoms with E-state index in [1.54, 1.807) is 12.1 Å². The number of benzene rings is 1. The fourth-order valence-corrected chi connectivity index (χ4v) is 1.40. The number of hydrogen-bond donors (Lipinski definition) is 1. The van der Waals surface area contributed by atoms with E-state index in [1.807, 2.05) is 32.1 Å². The Balaban J connectivity index is 2.75. The monoisotopic (exact) mass is 220 g/mol. The van der Waals surface area contributed by atoms with Crippen LogP contribution < -0.4 is 5.32 Å². The maximum atomic E-state index is 10.8. The van der Waals surface area contributed by atoms with E-state index in [2.05, 4.69) is 5.32 Å². The minimum atomic E-state index is -0.356. The summed E-state index contributed by atoms with van der Waals surface area (Å²) in [6.45, 7) is 4.50. The average molecular weight is 220 g/mol. The highest BCUT2D eigenvalue weighted by molar-refractivity contribution is 5.62. The molecular formula is C12H16N2O2. The van der Waals surface area contributed by atoms with Crippen LogP contribution in [-0.2, 0) is 0 Å². The molecule has 0 amide bonds. The van der Waals surface area contributed by atoms with E-state index >= 15 is 0 Å². The molecule has 4 nitrogen and oxygen atoms in total. The smallest absolute Gasteiger partial charge is 0.292 e. The summed E-state index contributed by atoms with van der Waals surface area (Å²) in [5.74, 6) is 0. The Morgan fingerprint density at radius 2 is 2.25 bits per heavy atom. The van der Waals surface area contributed by atoms with E-state index in [0.29, 0.717) is 12.2 Å². The summed E-state index contributed by atoms with van der Waals surface area (Å²) in [6, 6.07) is 5.20. The van der Waals surface area contributed by atoms with Gasteiger partial charge in [-0.2, -0.15) is 0 Å². The number of nitrogens with zero attached hydrogens (tertiary/aromatic N) is 1.